The minimum Gasteiger partial charge on any atom is -0.438 e. The van der Waals surface area contributed by atoms with Crippen molar-refractivity contribution in [2.24, 2.45) is 0 Å². The maximum atomic E-state index is 13.2. The molecule has 1 N–H and O–H groups in total. The Hall–Kier alpha value is -4.71. The Morgan fingerprint density at radius 3 is 2.47 bits per heavy atom. The molecule has 38 heavy (non-hydrogen) atoms. The third-order valence-corrected chi connectivity index (χ3v) is 6.55. The monoisotopic (exact) mass is 502 g/mol. The van der Waals surface area contributed by atoms with Crippen LogP contribution in [-0.4, -0.2) is 20.4 Å². The van der Waals surface area contributed by atoms with Gasteiger partial charge in [0.25, 0.3) is 5.91 Å². The highest BCUT2D eigenvalue weighted by atomic mass is 16.5. The van der Waals surface area contributed by atoms with Crippen LogP contribution >= 0.6 is 0 Å². The zero-order valence-corrected chi connectivity index (χ0v) is 22.0. The standard InChI is InChI=1S/C32H30N4O2/c1-5-26-18-24(15-17-33-26)29-10-7-16-34-32(29)38-30-19-25(14-11-21(30)2)31(37)35-27-8-6-9-28(20-27)36-22(3)12-13-23(36)4/h6-20H,5H2,1-4H3,(H,35,37). The van der Waals surface area contributed by atoms with Crippen LogP contribution in [0.15, 0.2) is 91.3 Å². The van der Waals surface area contributed by atoms with E-state index in [1.54, 1.807) is 24.5 Å². The van der Waals surface area contributed by atoms with Gasteiger partial charge in [0.1, 0.15) is 5.75 Å². The first-order valence-electron chi connectivity index (χ1n) is 12.7. The van der Waals surface area contributed by atoms with Crippen molar-refractivity contribution in [1.82, 2.24) is 14.5 Å². The molecule has 0 fully saturated rings. The van der Waals surface area contributed by atoms with E-state index >= 15 is 0 Å². The number of amides is 1. The Bertz CT molecular complexity index is 1600. The highest BCUT2D eigenvalue weighted by molar-refractivity contribution is 6.04. The lowest BCUT2D eigenvalue weighted by Gasteiger charge is -2.14. The maximum Gasteiger partial charge on any atom is 0.255 e. The number of rotatable bonds is 7. The number of benzene rings is 2. The summed E-state index contributed by atoms with van der Waals surface area (Å²) < 4.78 is 8.45. The molecule has 3 heterocycles. The number of hydrogen-bond donors (Lipinski definition) is 1. The summed E-state index contributed by atoms with van der Waals surface area (Å²) in [6, 6.07) is 25.3. The molecule has 0 saturated carbocycles. The molecular formula is C32H30N4O2. The topological polar surface area (TPSA) is 69.0 Å². The molecule has 6 nitrogen and oxygen atoms in total. The zero-order valence-electron chi connectivity index (χ0n) is 22.0. The summed E-state index contributed by atoms with van der Waals surface area (Å²) in [5.74, 6) is 0.845. The Balaban J connectivity index is 1.40. The van der Waals surface area contributed by atoms with Gasteiger partial charge in [-0.3, -0.25) is 9.78 Å². The third kappa shape index (κ3) is 5.20. The second-order valence-corrected chi connectivity index (χ2v) is 9.28. The number of carbonyl (C=O) groups excluding carboxylic acids is 1. The molecule has 0 spiro atoms. The second-order valence-electron chi connectivity index (χ2n) is 9.28. The quantitative estimate of drug-likeness (QED) is 0.251. The van der Waals surface area contributed by atoms with Gasteiger partial charge in [0.15, 0.2) is 0 Å². The van der Waals surface area contributed by atoms with Crippen LogP contribution in [0.2, 0.25) is 0 Å². The molecule has 5 aromatic rings. The fourth-order valence-corrected chi connectivity index (χ4v) is 4.49. The summed E-state index contributed by atoms with van der Waals surface area (Å²) in [7, 11) is 0. The van der Waals surface area contributed by atoms with Crippen molar-refractivity contribution in [3.8, 4) is 28.4 Å². The van der Waals surface area contributed by atoms with E-state index < -0.39 is 0 Å². The first-order chi connectivity index (χ1) is 18.4. The van der Waals surface area contributed by atoms with E-state index in [0.29, 0.717) is 17.2 Å². The fourth-order valence-electron chi connectivity index (χ4n) is 4.49. The van der Waals surface area contributed by atoms with Crippen molar-refractivity contribution < 1.29 is 9.53 Å². The van der Waals surface area contributed by atoms with Crippen LogP contribution in [-0.2, 0) is 6.42 Å². The highest BCUT2D eigenvalue weighted by Crippen LogP contribution is 2.33. The minimum atomic E-state index is -0.212. The van der Waals surface area contributed by atoms with Gasteiger partial charge in [-0.15, -0.1) is 0 Å². The average Bonchev–Trinajstić information content (AvgIpc) is 3.27. The Labute approximate surface area is 223 Å². The van der Waals surface area contributed by atoms with Gasteiger partial charge in [-0.1, -0.05) is 19.1 Å². The summed E-state index contributed by atoms with van der Waals surface area (Å²) >= 11 is 0. The maximum absolute atomic E-state index is 13.2. The molecule has 0 saturated heterocycles. The van der Waals surface area contributed by atoms with E-state index in [1.807, 2.05) is 61.5 Å². The number of ether oxygens (including phenoxy) is 1. The number of aromatic nitrogens is 3. The van der Waals surface area contributed by atoms with Gasteiger partial charge < -0.3 is 14.6 Å². The van der Waals surface area contributed by atoms with Crippen LogP contribution in [0.25, 0.3) is 16.8 Å². The smallest absolute Gasteiger partial charge is 0.255 e. The molecular weight excluding hydrogens is 472 g/mol. The van der Waals surface area contributed by atoms with Crippen molar-refractivity contribution in [2.75, 3.05) is 5.32 Å². The van der Waals surface area contributed by atoms with E-state index in [9.17, 15) is 4.79 Å². The molecule has 6 heteroatoms. The van der Waals surface area contributed by atoms with Crippen LogP contribution < -0.4 is 10.1 Å². The summed E-state index contributed by atoms with van der Waals surface area (Å²) in [6.07, 6.45) is 4.34. The van der Waals surface area contributed by atoms with Crippen molar-refractivity contribution in [3.05, 3.63) is 119 Å². The van der Waals surface area contributed by atoms with Gasteiger partial charge in [-0.05, 0) is 105 Å². The number of anilines is 1. The average molecular weight is 503 g/mol. The molecule has 0 aliphatic heterocycles. The van der Waals surface area contributed by atoms with Crippen LogP contribution in [0.1, 0.15) is 39.9 Å². The van der Waals surface area contributed by atoms with Crippen LogP contribution in [0.5, 0.6) is 11.6 Å². The van der Waals surface area contributed by atoms with Gasteiger partial charge in [0, 0.05) is 52.0 Å². The van der Waals surface area contributed by atoms with Gasteiger partial charge in [0.2, 0.25) is 5.88 Å². The van der Waals surface area contributed by atoms with Gasteiger partial charge in [-0.25, -0.2) is 4.98 Å². The summed E-state index contributed by atoms with van der Waals surface area (Å²) in [5.41, 5.74) is 8.25. The molecule has 0 aliphatic carbocycles. The summed E-state index contributed by atoms with van der Waals surface area (Å²) in [5, 5.41) is 3.03. The number of aryl methyl sites for hydroxylation is 4. The molecule has 190 valence electrons. The van der Waals surface area contributed by atoms with Gasteiger partial charge in [-0.2, -0.15) is 0 Å². The van der Waals surface area contributed by atoms with Crippen molar-refractivity contribution in [3.63, 3.8) is 0 Å². The number of pyridine rings is 2. The van der Waals surface area contributed by atoms with Crippen LogP contribution in [0.3, 0.4) is 0 Å². The number of nitrogens with one attached hydrogen (secondary N) is 1. The van der Waals surface area contributed by atoms with Crippen molar-refractivity contribution in [2.45, 2.75) is 34.1 Å². The Kier molecular flexibility index (Phi) is 7.05. The first kappa shape index (κ1) is 25.0. The van der Waals surface area contributed by atoms with Crippen LogP contribution in [0, 0.1) is 20.8 Å². The SMILES string of the molecule is CCc1cc(-c2cccnc2Oc2cc(C(=O)Nc3cccc(-n4c(C)ccc4C)c3)ccc2C)ccn1. The lowest BCUT2D eigenvalue weighted by atomic mass is 10.1. The molecule has 0 aliphatic rings. The van der Waals surface area contributed by atoms with E-state index in [-0.39, 0.29) is 5.91 Å². The van der Waals surface area contributed by atoms with Crippen molar-refractivity contribution >= 4 is 11.6 Å². The second kappa shape index (κ2) is 10.7. The van der Waals surface area contributed by atoms with Crippen molar-refractivity contribution in [1.29, 1.82) is 0 Å². The van der Waals surface area contributed by atoms with E-state index in [4.69, 9.17) is 4.74 Å². The predicted octanol–water partition coefficient (Wildman–Crippen LogP) is 7.47. The Morgan fingerprint density at radius 2 is 1.68 bits per heavy atom. The number of carbonyl (C=O) groups is 1. The van der Waals surface area contributed by atoms with E-state index in [1.165, 1.54) is 0 Å². The molecule has 0 unspecified atom stereocenters. The largest absolute Gasteiger partial charge is 0.438 e. The first-order valence-corrected chi connectivity index (χ1v) is 12.7. The lowest BCUT2D eigenvalue weighted by molar-refractivity contribution is 0.102. The number of hydrogen-bond acceptors (Lipinski definition) is 4. The Morgan fingerprint density at radius 1 is 0.868 bits per heavy atom. The predicted molar refractivity (Wildman–Crippen MR) is 151 cm³/mol. The normalized spacial score (nSPS) is 10.8. The molecule has 5 rings (SSSR count). The highest BCUT2D eigenvalue weighted by Gasteiger charge is 2.14. The van der Waals surface area contributed by atoms with Gasteiger partial charge in [0.05, 0.1) is 0 Å². The molecule has 0 bridgehead atoms. The summed E-state index contributed by atoms with van der Waals surface area (Å²) in [6.45, 7) is 8.16. The molecule has 1 amide bonds. The molecule has 0 atom stereocenters. The zero-order chi connectivity index (χ0) is 26.6. The number of nitrogens with zero attached hydrogens (tertiary/aromatic N) is 3. The lowest BCUT2D eigenvalue weighted by Crippen LogP contribution is -2.12. The van der Waals surface area contributed by atoms with E-state index in [2.05, 4.69) is 52.8 Å². The molecule has 3 aromatic heterocycles. The minimum absolute atomic E-state index is 0.212. The molecule has 0 radical (unpaired) electrons. The van der Waals surface area contributed by atoms with Crippen LogP contribution in [0.4, 0.5) is 5.69 Å². The van der Waals surface area contributed by atoms with Gasteiger partial charge >= 0.3 is 0 Å². The molecule has 2 aromatic carbocycles. The fraction of sp³-hybridized carbons (Fsp3) is 0.156. The third-order valence-electron chi connectivity index (χ3n) is 6.55. The summed E-state index contributed by atoms with van der Waals surface area (Å²) in [4.78, 5) is 22.1. The van der Waals surface area contributed by atoms with E-state index in [0.717, 1.165) is 51.6 Å².